The molecule has 0 aliphatic rings. The summed E-state index contributed by atoms with van der Waals surface area (Å²) in [5.41, 5.74) is 2.22. The van der Waals surface area contributed by atoms with Gasteiger partial charge in [0, 0.05) is 12.0 Å². The first-order valence-electron chi connectivity index (χ1n) is 6.40. The fourth-order valence-corrected chi connectivity index (χ4v) is 2.03. The van der Waals surface area contributed by atoms with E-state index in [1.54, 1.807) is 31.4 Å². The summed E-state index contributed by atoms with van der Waals surface area (Å²) in [5.74, 6) is 0.875. The van der Waals surface area contributed by atoms with Crippen LogP contribution in [0.2, 0.25) is 0 Å². The van der Waals surface area contributed by atoms with Crippen molar-refractivity contribution in [2.24, 2.45) is 0 Å². The second-order valence-corrected chi connectivity index (χ2v) is 4.42. The molecule has 2 rings (SSSR count). The molecule has 0 saturated heterocycles. The van der Waals surface area contributed by atoms with Crippen LogP contribution in [0.1, 0.15) is 27.9 Å². The molecule has 20 heavy (non-hydrogen) atoms. The van der Waals surface area contributed by atoms with Crippen molar-refractivity contribution in [1.29, 1.82) is 5.26 Å². The van der Waals surface area contributed by atoms with Crippen LogP contribution >= 0.6 is 0 Å². The number of ketones is 1. The summed E-state index contributed by atoms with van der Waals surface area (Å²) in [4.78, 5) is 12.1. The molecule has 0 saturated carbocycles. The lowest BCUT2D eigenvalue weighted by Crippen LogP contribution is -2.02. The van der Waals surface area contributed by atoms with Gasteiger partial charge in [-0.05, 0) is 30.2 Å². The number of rotatable bonds is 5. The number of para-hydroxylation sites is 1. The van der Waals surface area contributed by atoms with E-state index in [1.165, 1.54) is 0 Å². The van der Waals surface area contributed by atoms with Crippen LogP contribution in [0.5, 0.6) is 5.75 Å². The number of methoxy groups -OCH3 is 1. The van der Waals surface area contributed by atoms with Gasteiger partial charge in [0.2, 0.25) is 0 Å². The average molecular weight is 265 g/mol. The van der Waals surface area contributed by atoms with Crippen LogP contribution in [0.15, 0.2) is 48.5 Å². The lowest BCUT2D eigenvalue weighted by atomic mass is 10.0. The second kappa shape index (κ2) is 6.53. The van der Waals surface area contributed by atoms with Gasteiger partial charge in [-0.3, -0.25) is 4.79 Å². The third-order valence-corrected chi connectivity index (χ3v) is 3.15. The van der Waals surface area contributed by atoms with Crippen molar-refractivity contribution >= 4 is 5.78 Å². The molecule has 0 aliphatic carbocycles. The normalized spacial score (nSPS) is 9.80. The van der Waals surface area contributed by atoms with Crippen LogP contribution in [0.3, 0.4) is 0 Å². The van der Waals surface area contributed by atoms with Crippen LogP contribution < -0.4 is 4.74 Å². The van der Waals surface area contributed by atoms with Gasteiger partial charge in [0.25, 0.3) is 0 Å². The number of carbonyl (C=O) groups is 1. The molecule has 0 unspecified atom stereocenters. The molecule has 0 spiro atoms. The monoisotopic (exact) mass is 265 g/mol. The Labute approximate surface area is 118 Å². The van der Waals surface area contributed by atoms with E-state index in [0.717, 1.165) is 11.3 Å². The minimum absolute atomic E-state index is 0.0698. The summed E-state index contributed by atoms with van der Waals surface area (Å²) in [6, 6.07) is 16.5. The zero-order valence-corrected chi connectivity index (χ0v) is 11.3. The molecule has 3 nitrogen and oxygen atoms in total. The summed E-state index contributed by atoms with van der Waals surface area (Å²) in [6.07, 6.45) is 1.06. The highest BCUT2D eigenvalue weighted by molar-refractivity contribution is 5.96. The smallest absolute Gasteiger partial charge is 0.163 e. The fourth-order valence-electron chi connectivity index (χ4n) is 2.03. The van der Waals surface area contributed by atoms with Gasteiger partial charge >= 0.3 is 0 Å². The highest BCUT2D eigenvalue weighted by Crippen LogP contribution is 2.19. The summed E-state index contributed by atoms with van der Waals surface area (Å²) < 4.78 is 5.27. The van der Waals surface area contributed by atoms with Crippen LogP contribution in [-0.4, -0.2) is 12.9 Å². The Bertz CT molecular complexity index is 639. The Balaban J connectivity index is 2.03. The highest BCUT2D eigenvalue weighted by atomic mass is 16.5. The van der Waals surface area contributed by atoms with E-state index in [1.807, 2.05) is 30.3 Å². The average Bonchev–Trinajstić information content (AvgIpc) is 2.53. The molecule has 0 N–H and O–H groups in total. The molecule has 0 heterocycles. The quantitative estimate of drug-likeness (QED) is 0.779. The van der Waals surface area contributed by atoms with Crippen LogP contribution in [0, 0.1) is 11.3 Å². The number of benzene rings is 2. The molecular weight excluding hydrogens is 250 g/mol. The van der Waals surface area contributed by atoms with Crippen molar-refractivity contribution in [1.82, 2.24) is 0 Å². The number of Topliss-reactive ketones (excluding diaryl/α,β-unsaturated/α-hetero) is 1. The van der Waals surface area contributed by atoms with Gasteiger partial charge in [0.05, 0.1) is 18.7 Å². The van der Waals surface area contributed by atoms with Gasteiger partial charge < -0.3 is 4.74 Å². The first-order chi connectivity index (χ1) is 9.74. The van der Waals surface area contributed by atoms with Crippen molar-refractivity contribution in [3.05, 3.63) is 65.2 Å². The lowest BCUT2D eigenvalue weighted by molar-refractivity contribution is 0.0982. The summed E-state index contributed by atoms with van der Waals surface area (Å²) in [7, 11) is 1.63. The van der Waals surface area contributed by atoms with Gasteiger partial charge in [-0.2, -0.15) is 5.26 Å². The number of ether oxygens (including phenoxy) is 1. The second-order valence-electron chi connectivity index (χ2n) is 4.42. The van der Waals surface area contributed by atoms with Crippen molar-refractivity contribution in [3.63, 3.8) is 0 Å². The minimum atomic E-state index is 0.0698. The Hall–Kier alpha value is -2.60. The lowest BCUT2D eigenvalue weighted by Gasteiger charge is -2.07. The van der Waals surface area contributed by atoms with E-state index in [2.05, 4.69) is 0 Å². The number of nitrogens with zero attached hydrogens (tertiary/aromatic N) is 1. The van der Waals surface area contributed by atoms with Crippen molar-refractivity contribution in [2.75, 3.05) is 7.11 Å². The molecule has 100 valence electrons. The molecule has 0 amide bonds. The standard InChI is InChI=1S/C17H15NO2/c1-20-17-5-3-2-4-15(17)10-11-16(19)14-8-6-13(12-18)7-9-14/h2-9H,10-11H2,1H3. The Morgan fingerprint density at radius 1 is 1.15 bits per heavy atom. The van der Waals surface area contributed by atoms with Crippen molar-refractivity contribution < 1.29 is 9.53 Å². The number of hydrogen-bond donors (Lipinski definition) is 0. The van der Waals surface area contributed by atoms with Crippen molar-refractivity contribution in [3.8, 4) is 11.8 Å². The first kappa shape index (κ1) is 13.8. The van der Waals surface area contributed by atoms with Crippen LogP contribution in [0.25, 0.3) is 0 Å². The third-order valence-electron chi connectivity index (χ3n) is 3.15. The maximum absolute atomic E-state index is 12.1. The zero-order valence-electron chi connectivity index (χ0n) is 11.3. The van der Waals surface area contributed by atoms with E-state index in [9.17, 15) is 4.79 Å². The number of nitriles is 1. The first-order valence-corrected chi connectivity index (χ1v) is 6.40. The number of carbonyl (C=O) groups excluding carboxylic acids is 1. The molecule has 0 aliphatic heterocycles. The summed E-state index contributed by atoms with van der Waals surface area (Å²) in [5, 5.41) is 8.73. The minimum Gasteiger partial charge on any atom is -0.496 e. The maximum Gasteiger partial charge on any atom is 0.163 e. The molecule has 0 aromatic heterocycles. The van der Waals surface area contributed by atoms with E-state index >= 15 is 0 Å². The molecular formula is C17H15NO2. The number of aryl methyl sites for hydroxylation is 1. The highest BCUT2D eigenvalue weighted by Gasteiger charge is 2.08. The molecule has 3 heteroatoms. The molecule has 0 radical (unpaired) electrons. The topological polar surface area (TPSA) is 50.1 Å². The predicted molar refractivity (Wildman–Crippen MR) is 76.8 cm³/mol. The fraction of sp³-hybridized carbons (Fsp3) is 0.176. The largest absolute Gasteiger partial charge is 0.496 e. The Morgan fingerprint density at radius 2 is 1.85 bits per heavy atom. The molecule has 0 bridgehead atoms. The van der Waals surface area contributed by atoms with E-state index in [-0.39, 0.29) is 5.78 Å². The van der Waals surface area contributed by atoms with Gasteiger partial charge in [-0.1, -0.05) is 30.3 Å². The van der Waals surface area contributed by atoms with Crippen molar-refractivity contribution in [2.45, 2.75) is 12.8 Å². The van der Waals surface area contributed by atoms with Gasteiger partial charge in [0.1, 0.15) is 5.75 Å². The van der Waals surface area contributed by atoms with Crippen LogP contribution in [-0.2, 0) is 6.42 Å². The maximum atomic E-state index is 12.1. The SMILES string of the molecule is COc1ccccc1CCC(=O)c1ccc(C#N)cc1. The molecule has 0 fully saturated rings. The molecule has 0 atom stereocenters. The Morgan fingerprint density at radius 3 is 2.50 bits per heavy atom. The molecule has 2 aromatic carbocycles. The van der Waals surface area contributed by atoms with E-state index in [4.69, 9.17) is 10.00 Å². The summed E-state index contributed by atoms with van der Waals surface area (Å²) in [6.45, 7) is 0. The van der Waals surface area contributed by atoms with Gasteiger partial charge in [-0.15, -0.1) is 0 Å². The summed E-state index contributed by atoms with van der Waals surface area (Å²) >= 11 is 0. The zero-order chi connectivity index (χ0) is 14.4. The van der Waals surface area contributed by atoms with Crippen LogP contribution in [0.4, 0.5) is 0 Å². The Kier molecular flexibility index (Phi) is 4.52. The van der Waals surface area contributed by atoms with Gasteiger partial charge in [0.15, 0.2) is 5.78 Å². The van der Waals surface area contributed by atoms with Gasteiger partial charge in [-0.25, -0.2) is 0 Å². The predicted octanol–water partition coefficient (Wildman–Crippen LogP) is 3.38. The van der Waals surface area contributed by atoms with E-state index in [0.29, 0.717) is 24.0 Å². The third kappa shape index (κ3) is 3.24. The number of hydrogen-bond acceptors (Lipinski definition) is 3. The molecule has 2 aromatic rings. The van der Waals surface area contributed by atoms with E-state index < -0.39 is 0 Å².